The summed E-state index contributed by atoms with van der Waals surface area (Å²) in [5, 5.41) is 4.89. The van der Waals surface area contributed by atoms with Gasteiger partial charge in [0.2, 0.25) is 0 Å². The fraction of sp³-hybridized carbons (Fsp3) is 0.273. The van der Waals surface area contributed by atoms with Gasteiger partial charge in [-0.3, -0.25) is 9.59 Å². The van der Waals surface area contributed by atoms with Crippen molar-refractivity contribution in [2.75, 3.05) is 25.6 Å². The van der Waals surface area contributed by atoms with Gasteiger partial charge in [-0.15, -0.1) is 0 Å². The van der Waals surface area contributed by atoms with Crippen molar-refractivity contribution >= 4 is 44.6 Å². The van der Waals surface area contributed by atoms with Crippen LogP contribution in [-0.2, 0) is 4.79 Å². The summed E-state index contributed by atoms with van der Waals surface area (Å²) in [4.78, 5) is 30.9. The Hall–Kier alpha value is -3.20. The normalized spacial score (nSPS) is 11.4. The SMILES string of the molecule is CC(C)c1nc2ccc(Br)cc2c(=O)n1N=Cc1ccc(N(C)C)cc1OCC(N)=O. The quantitative estimate of drug-likeness (QED) is 0.517. The molecule has 0 aliphatic heterocycles. The molecule has 162 valence electrons. The van der Waals surface area contributed by atoms with Gasteiger partial charge in [0.15, 0.2) is 6.61 Å². The van der Waals surface area contributed by atoms with Crippen molar-refractivity contribution in [3.8, 4) is 5.75 Å². The second kappa shape index (κ2) is 9.30. The highest BCUT2D eigenvalue weighted by Gasteiger charge is 2.14. The Bertz CT molecular complexity index is 1220. The lowest BCUT2D eigenvalue weighted by atomic mass is 10.1. The topological polar surface area (TPSA) is 103 Å². The van der Waals surface area contributed by atoms with Gasteiger partial charge >= 0.3 is 0 Å². The van der Waals surface area contributed by atoms with Crippen molar-refractivity contribution in [3.63, 3.8) is 0 Å². The van der Waals surface area contributed by atoms with E-state index in [-0.39, 0.29) is 18.1 Å². The molecule has 2 N–H and O–H groups in total. The van der Waals surface area contributed by atoms with Gasteiger partial charge in [-0.1, -0.05) is 29.8 Å². The second-order valence-electron chi connectivity index (χ2n) is 7.52. The predicted octanol–water partition coefficient (Wildman–Crippen LogP) is 3.09. The van der Waals surface area contributed by atoms with Gasteiger partial charge in [0.25, 0.3) is 11.5 Å². The number of rotatable bonds is 7. The largest absolute Gasteiger partial charge is 0.483 e. The first-order valence-corrected chi connectivity index (χ1v) is 10.5. The first-order valence-electron chi connectivity index (χ1n) is 9.66. The molecule has 0 atom stereocenters. The number of hydrogen-bond donors (Lipinski definition) is 1. The second-order valence-corrected chi connectivity index (χ2v) is 8.43. The van der Waals surface area contributed by atoms with E-state index in [4.69, 9.17) is 10.5 Å². The fourth-order valence-corrected chi connectivity index (χ4v) is 3.31. The Morgan fingerprint density at radius 1 is 1.29 bits per heavy atom. The minimum absolute atomic E-state index is 0.0282. The molecule has 2 aromatic carbocycles. The highest BCUT2D eigenvalue weighted by atomic mass is 79.9. The molecule has 31 heavy (non-hydrogen) atoms. The molecule has 8 nitrogen and oxygen atoms in total. The van der Waals surface area contributed by atoms with E-state index in [1.807, 2.05) is 45.0 Å². The standard InChI is InChI=1S/C22H24BrN5O3/c1-13(2)21-26-18-8-6-15(23)9-17(18)22(30)28(21)25-11-14-5-7-16(27(3)4)10-19(14)31-12-20(24)29/h5-11,13H,12H2,1-4H3,(H2,24,29). The average molecular weight is 486 g/mol. The van der Waals surface area contributed by atoms with Gasteiger partial charge < -0.3 is 15.4 Å². The summed E-state index contributed by atoms with van der Waals surface area (Å²) in [6.45, 7) is 3.64. The van der Waals surface area contributed by atoms with Crippen LogP contribution in [0.2, 0.25) is 0 Å². The zero-order valence-corrected chi connectivity index (χ0v) is 19.4. The Morgan fingerprint density at radius 2 is 2.03 bits per heavy atom. The third-order valence-corrected chi connectivity index (χ3v) is 5.04. The van der Waals surface area contributed by atoms with Crippen molar-refractivity contribution < 1.29 is 9.53 Å². The van der Waals surface area contributed by atoms with E-state index in [2.05, 4.69) is 26.0 Å². The molecule has 1 aromatic heterocycles. The molecule has 3 aromatic rings. The lowest BCUT2D eigenvalue weighted by Crippen LogP contribution is -2.23. The monoisotopic (exact) mass is 485 g/mol. The van der Waals surface area contributed by atoms with Crippen molar-refractivity contribution in [2.24, 2.45) is 10.8 Å². The number of nitrogens with zero attached hydrogens (tertiary/aromatic N) is 4. The molecule has 0 bridgehead atoms. The molecule has 0 aliphatic carbocycles. The van der Waals surface area contributed by atoms with Crippen LogP contribution in [0.3, 0.4) is 0 Å². The minimum Gasteiger partial charge on any atom is -0.483 e. The van der Waals surface area contributed by atoms with Crippen LogP contribution in [0, 0.1) is 0 Å². The van der Waals surface area contributed by atoms with Crippen LogP contribution in [0.5, 0.6) is 5.75 Å². The molecule has 1 heterocycles. The molecule has 0 unspecified atom stereocenters. The molecule has 9 heteroatoms. The van der Waals surface area contributed by atoms with E-state index in [9.17, 15) is 9.59 Å². The number of fused-ring (bicyclic) bond motifs is 1. The Labute approximate surface area is 188 Å². The van der Waals surface area contributed by atoms with Gasteiger partial charge in [0.1, 0.15) is 11.6 Å². The summed E-state index contributed by atoms with van der Waals surface area (Å²) >= 11 is 3.40. The number of anilines is 1. The van der Waals surface area contributed by atoms with E-state index in [0.29, 0.717) is 28.0 Å². The number of benzene rings is 2. The summed E-state index contributed by atoms with van der Waals surface area (Å²) in [7, 11) is 3.79. The molecular formula is C22H24BrN5O3. The number of amides is 1. The molecule has 0 radical (unpaired) electrons. The lowest BCUT2D eigenvalue weighted by molar-refractivity contribution is -0.119. The van der Waals surface area contributed by atoms with Gasteiger partial charge in [0.05, 0.1) is 17.1 Å². The number of ether oxygens (including phenoxy) is 1. The number of halogens is 1. The number of hydrogen-bond acceptors (Lipinski definition) is 6. The van der Waals surface area contributed by atoms with Gasteiger partial charge in [-0.05, 0) is 30.3 Å². The molecule has 0 aliphatic rings. The third kappa shape index (κ3) is 5.11. The summed E-state index contributed by atoms with van der Waals surface area (Å²) in [5.41, 5.74) is 7.06. The third-order valence-electron chi connectivity index (χ3n) is 4.55. The van der Waals surface area contributed by atoms with Crippen LogP contribution in [0.4, 0.5) is 5.69 Å². The van der Waals surface area contributed by atoms with Crippen LogP contribution < -0.4 is 20.9 Å². The highest BCUT2D eigenvalue weighted by molar-refractivity contribution is 9.10. The van der Waals surface area contributed by atoms with Gasteiger partial charge in [-0.2, -0.15) is 9.78 Å². The maximum absolute atomic E-state index is 13.2. The summed E-state index contributed by atoms with van der Waals surface area (Å²) < 4.78 is 7.66. The number of carbonyl (C=O) groups is 1. The van der Waals surface area contributed by atoms with Gasteiger partial charge in [0, 0.05) is 41.8 Å². The van der Waals surface area contributed by atoms with Crippen molar-refractivity contribution in [2.45, 2.75) is 19.8 Å². The van der Waals surface area contributed by atoms with Crippen LogP contribution in [-0.4, -0.2) is 42.5 Å². The number of primary amides is 1. The summed E-state index contributed by atoms with van der Waals surface area (Å²) in [6, 6.07) is 10.9. The van der Waals surface area contributed by atoms with Crippen molar-refractivity contribution in [1.82, 2.24) is 9.66 Å². The van der Waals surface area contributed by atoms with E-state index in [1.165, 1.54) is 10.9 Å². The lowest BCUT2D eigenvalue weighted by Gasteiger charge is -2.16. The molecule has 1 amide bonds. The average Bonchev–Trinajstić information content (AvgIpc) is 2.71. The maximum Gasteiger partial charge on any atom is 0.282 e. The van der Waals surface area contributed by atoms with Crippen molar-refractivity contribution in [1.29, 1.82) is 0 Å². The summed E-state index contributed by atoms with van der Waals surface area (Å²) in [6.07, 6.45) is 1.52. The Morgan fingerprint density at radius 3 is 2.68 bits per heavy atom. The van der Waals surface area contributed by atoms with Crippen LogP contribution in [0.15, 0.2) is 50.8 Å². The van der Waals surface area contributed by atoms with Gasteiger partial charge in [-0.25, -0.2) is 4.98 Å². The molecule has 3 rings (SSSR count). The van der Waals surface area contributed by atoms with E-state index in [1.54, 1.807) is 24.3 Å². The fourth-order valence-electron chi connectivity index (χ4n) is 2.95. The number of nitrogens with two attached hydrogens (primary N) is 1. The maximum atomic E-state index is 13.2. The first kappa shape index (κ1) is 22.5. The van der Waals surface area contributed by atoms with E-state index < -0.39 is 5.91 Å². The smallest absolute Gasteiger partial charge is 0.282 e. The predicted molar refractivity (Wildman–Crippen MR) is 126 cm³/mol. The number of carbonyl (C=O) groups excluding carboxylic acids is 1. The minimum atomic E-state index is -0.583. The molecular weight excluding hydrogens is 462 g/mol. The highest BCUT2D eigenvalue weighted by Crippen LogP contribution is 2.24. The van der Waals surface area contributed by atoms with Crippen LogP contribution >= 0.6 is 15.9 Å². The molecule has 0 saturated carbocycles. The number of aromatic nitrogens is 2. The van der Waals surface area contributed by atoms with E-state index in [0.717, 1.165) is 10.2 Å². The summed E-state index contributed by atoms with van der Waals surface area (Å²) in [5.74, 6) is 0.366. The molecule has 0 spiro atoms. The Balaban J connectivity index is 2.12. The van der Waals surface area contributed by atoms with Crippen LogP contribution in [0.1, 0.15) is 31.2 Å². The zero-order chi connectivity index (χ0) is 22.7. The van der Waals surface area contributed by atoms with Crippen LogP contribution in [0.25, 0.3) is 10.9 Å². The molecule has 0 fully saturated rings. The molecule has 0 saturated heterocycles. The zero-order valence-electron chi connectivity index (χ0n) is 17.8. The van der Waals surface area contributed by atoms with Crippen molar-refractivity contribution in [3.05, 3.63) is 62.6 Å². The Kier molecular flexibility index (Phi) is 6.74. The first-order chi connectivity index (χ1) is 14.7. The van der Waals surface area contributed by atoms with E-state index >= 15 is 0 Å².